The maximum absolute atomic E-state index is 12.5. The largest absolute Gasteiger partial charge is 0.457 e. The fraction of sp³-hybridized carbons (Fsp3) is 0.310. The van der Waals surface area contributed by atoms with E-state index in [2.05, 4.69) is 0 Å². The number of hydrogen-bond donors (Lipinski definition) is 1. The summed E-state index contributed by atoms with van der Waals surface area (Å²) in [6, 6.07) is 27.2. The molecule has 0 saturated heterocycles. The molecule has 0 aliphatic rings. The van der Waals surface area contributed by atoms with E-state index in [4.69, 9.17) is 24.7 Å². The zero-order valence-electron chi connectivity index (χ0n) is 20.6. The minimum absolute atomic E-state index is 0.203. The highest BCUT2D eigenvalue weighted by Gasteiger charge is 2.35. The predicted octanol–water partition coefficient (Wildman–Crippen LogP) is 3.95. The number of ether oxygens (including phenoxy) is 4. The first-order valence-electron chi connectivity index (χ1n) is 11.9. The van der Waals surface area contributed by atoms with Crippen LogP contribution in [-0.4, -0.2) is 49.8 Å². The second-order valence-corrected chi connectivity index (χ2v) is 8.45. The van der Waals surface area contributed by atoms with Crippen LogP contribution in [0.3, 0.4) is 0 Å². The Labute approximate surface area is 212 Å². The standard InChI is InChI=1S/C29H33NO6/c1-21(30)27(34-18-22-12-6-3-7-13-22)28(35-19-23-14-8-4-9-15-23)25(33-2)20-36-29(32)26(31)24-16-10-5-11-17-24/h3-17,21,25,27-28H,18-20,30H2,1-2H3/t21-,25?,27?,28?/m1/s1. The number of hydrogen-bond acceptors (Lipinski definition) is 7. The van der Waals surface area contributed by atoms with E-state index in [-0.39, 0.29) is 18.8 Å². The van der Waals surface area contributed by atoms with Crippen LogP contribution in [0.15, 0.2) is 91.0 Å². The van der Waals surface area contributed by atoms with Crippen molar-refractivity contribution in [3.8, 4) is 0 Å². The van der Waals surface area contributed by atoms with Crippen molar-refractivity contribution in [2.24, 2.45) is 5.73 Å². The summed E-state index contributed by atoms with van der Waals surface area (Å²) in [6.45, 7) is 2.22. The van der Waals surface area contributed by atoms with Gasteiger partial charge in [-0.25, -0.2) is 4.79 Å². The molecule has 0 aromatic heterocycles. The SMILES string of the molecule is COC(COC(=O)C(=O)c1ccccc1)C(OCc1ccccc1)C(OCc1ccccc1)[C@@H](C)N. The van der Waals surface area contributed by atoms with Gasteiger partial charge in [0, 0.05) is 18.7 Å². The Morgan fingerprint density at radius 3 is 1.69 bits per heavy atom. The molecule has 3 unspecified atom stereocenters. The topological polar surface area (TPSA) is 97.1 Å². The molecule has 2 N–H and O–H groups in total. The molecule has 0 fully saturated rings. The number of carbonyl (C=O) groups excluding carboxylic acids is 2. The Balaban J connectivity index is 1.74. The van der Waals surface area contributed by atoms with Gasteiger partial charge in [0.15, 0.2) is 0 Å². The number of rotatable bonds is 14. The van der Waals surface area contributed by atoms with Crippen LogP contribution < -0.4 is 5.73 Å². The van der Waals surface area contributed by atoms with Gasteiger partial charge in [-0.1, -0.05) is 91.0 Å². The van der Waals surface area contributed by atoms with Gasteiger partial charge in [0.1, 0.15) is 24.9 Å². The molecule has 0 spiro atoms. The minimum Gasteiger partial charge on any atom is -0.457 e. The van der Waals surface area contributed by atoms with Crippen LogP contribution >= 0.6 is 0 Å². The molecule has 0 heterocycles. The molecule has 190 valence electrons. The van der Waals surface area contributed by atoms with Gasteiger partial charge in [-0.15, -0.1) is 0 Å². The highest BCUT2D eigenvalue weighted by Crippen LogP contribution is 2.19. The van der Waals surface area contributed by atoms with Crippen molar-refractivity contribution in [3.63, 3.8) is 0 Å². The summed E-state index contributed by atoms with van der Waals surface area (Å²) in [7, 11) is 1.49. The zero-order chi connectivity index (χ0) is 25.8. The van der Waals surface area contributed by atoms with E-state index in [1.54, 1.807) is 30.3 Å². The van der Waals surface area contributed by atoms with Gasteiger partial charge in [-0.3, -0.25) is 4.79 Å². The number of nitrogens with two attached hydrogens (primary N) is 1. The summed E-state index contributed by atoms with van der Waals surface area (Å²) in [6.07, 6.45) is -1.99. The Morgan fingerprint density at radius 2 is 1.22 bits per heavy atom. The molecule has 0 aliphatic carbocycles. The fourth-order valence-electron chi connectivity index (χ4n) is 3.72. The third-order valence-corrected chi connectivity index (χ3v) is 5.68. The molecule has 3 rings (SSSR count). The third-order valence-electron chi connectivity index (χ3n) is 5.68. The summed E-state index contributed by atoms with van der Waals surface area (Å²) in [5.74, 6) is -1.69. The average Bonchev–Trinajstić information content (AvgIpc) is 2.92. The van der Waals surface area contributed by atoms with Gasteiger partial charge in [0.25, 0.3) is 5.78 Å². The van der Waals surface area contributed by atoms with Gasteiger partial charge in [-0.05, 0) is 18.1 Å². The Bertz CT molecular complexity index is 1060. The van der Waals surface area contributed by atoms with Crippen LogP contribution in [0, 0.1) is 0 Å². The first-order valence-corrected chi connectivity index (χ1v) is 11.9. The van der Waals surface area contributed by atoms with Crippen LogP contribution in [0.1, 0.15) is 28.4 Å². The molecular formula is C29H33NO6. The maximum Gasteiger partial charge on any atom is 0.379 e. The normalized spacial score (nSPS) is 14.4. The van der Waals surface area contributed by atoms with Crippen molar-refractivity contribution in [3.05, 3.63) is 108 Å². The monoisotopic (exact) mass is 491 g/mol. The van der Waals surface area contributed by atoms with Crippen molar-refractivity contribution in [1.82, 2.24) is 0 Å². The van der Waals surface area contributed by atoms with E-state index >= 15 is 0 Å². The Morgan fingerprint density at radius 1 is 0.750 bits per heavy atom. The van der Waals surface area contributed by atoms with Gasteiger partial charge < -0.3 is 24.7 Å². The Kier molecular flexibility index (Phi) is 10.8. The van der Waals surface area contributed by atoms with Gasteiger partial charge >= 0.3 is 5.97 Å². The van der Waals surface area contributed by atoms with Gasteiger partial charge in [-0.2, -0.15) is 0 Å². The lowest BCUT2D eigenvalue weighted by molar-refractivity contribution is -0.167. The third kappa shape index (κ3) is 8.10. The molecule has 7 heteroatoms. The lowest BCUT2D eigenvalue weighted by Crippen LogP contribution is -2.52. The second kappa shape index (κ2) is 14.3. The van der Waals surface area contributed by atoms with E-state index in [0.717, 1.165) is 11.1 Å². The van der Waals surface area contributed by atoms with Crippen LogP contribution in [-0.2, 0) is 37.0 Å². The molecule has 0 saturated carbocycles. The van der Waals surface area contributed by atoms with Crippen LogP contribution in [0.2, 0.25) is 0 Å². The molecule has 4 atom stereocenters. The quantitative estimate of drug-likeness (QED) is 0.207. The van der Waals surface area contributed by atoms with E-state index < -0.39 is 36.1 Å². The zero-order valence-corrected chi connectivity index (χ0v) is 20.6. The summed E-state index contributed by atoms with van der Waals surface area (Å²) in [4.78, 5) is 24.9. The molecule has 3 aromatic carbocycles. The Hall–Kier alpha value is -3.36. The summed E-state index contributed by atoms with van der Waals surface area (Å²) in [5, 5.41) is 0. The smallest absolute Gasteiger partial charge is 0.379 e. The van der Waals surface area contributed by atoms with Crippen LogP contribution in [0.25, 0.3) is 0 Å². The van der Waals surface area contributed by atoms with Crippen molar-refractivity contribution in [2.45, 2.75) is 44.5 Å². The van der Waals surface area contributed by atoms with E-state index in [0.29, 0.717) is 6.61 Å². The van der Waals surface area contributed by atoms with Gasteiger partial charge in [0.05, 0.1) is 13.2 Å². The number of esters is 1. The fourth-order valence-corrected chi connectivity index (χ4v) is 3.72. The molecule has 3 aromatic rings. The van der Waals surface area contributed by atoms with E-state index in [9.17, 15) is 9.59 Å². The lowest BCUT2D eigenvalue weighted by atomic mass is 10.0. The molecule has 0 radical (unpaired) electrons. The maximum atomic E-state index is 12.5. The van der Waals surface area contributed by atoms with E-state index in [1.807, 2.05) is 67.6 Å². The highest BCUT2D eigenvalue weighted by atomic mass is 16.6. The number of carbonyl (C=O) groups is 2. The summed E-state index contributed by atoms with van der Waals surface area (Å²) in [5.41, 5.74) is 8.52. The lowest BCUT2D eigenvalue weighted by Gasteiger charge is -2.34. The van der Waals surface area contributed by atoms with Crippen LogP contribution in [0.5, 0.6) is 0 Å². The molecule has 0 amide bonds. The van der Waals surface area contributed by atoms with Crippen molar-refractivity contribution in [1.29, 1.82) is 0 Å². The number of benzene rings is 3. The summed E-state index contributed by atoms with van der Waals surface area (Å²) >= 11 is 0. The number of ketones is 1. The van der Waals surface area contributed by atoms with Crippen LogP contribution in [0.4, 0.5) is 0 Å². The van der Waals surface area contributed by atoms with E-state index in [1.165, 1.54) is 7.11 Å². The number of methoxy groups -OCH3 is 1. The highest BCUT2D eigenvalue weighted by molar-refractivity contribution is 6.40. The predicted molar refractivity (Wildman–Crippen MR) is 136 cm³/mol. The first kappa shape index (κ1) is 27.2. The van der Waals surface area contributed by atoms with Crippen molar-refractivity contribution in [2.75, 3.05) is 13.7 Å². The minimum atomic E-state index is -0.965. The van der Waals surface area contributed by atoms with Crippen molar-refractivity contribution >= 4 is 11.8 Å². The molecule has 7 nitrogen and oxygen atoms in total. The molecular weight excluding hydrogens is 458 g/mol. The second-order valence-electron chi connectivity index (χ2n) is 8.45. The summed E-state index contributed by atoms with van der Waals surface area (Å²) < 4.78 is 23.5. The number of Topliss-reactive ketones (excluding diaryl/α,β-unsaturated/α-hetero) is 1. The first-order chi connectivity index (χ1) is 17.5. The van der Waals surface area contributed by atoms with Crippen molar-refractivity contribution < 1.29 is 28.5 Å². The molecule has 36 heavy (non-hydrogen) atoms. The average molecular weight is 492 g/mol. The molecule has 0 bridgehead atoms. The van der Waals surface area contributed by atoms with Gasteiger partial charge in [0.2, 0.25) is 0 Å². The molecule has 0 aliphatic heterocycles.